The molecule has 28 heavy (non-hydrogen) atoms. The minimum Gasteiger partial charge on any atom is -0.366 e. The standard InChI is InChI=1S/C19H17ClN6OS/c1-11-15(17(21)27)16(12-6-4-8-22-9-12)26-18(23-11)24-19(25-26)28-10-13-5-2-3-7-14(13)20/h2-9,16H,10H2,1H3,(H2,21,27)(H,23,24,25)/t16-/m0/s1. The van der Waals surface area contributed by atoms with Crippen molar-refractivity contribution < 1.29 is 4.79 Å². The van der Waals surface area contributed by atoms with E-state index in [0.717, 1.165) is 11.1 Å². The first-order valence-corrected chi connectivity index (χ1v) is 9.91. The molecule has 1 amide bonds. The third-order valence-corrected chi connectivity index (χ3v) is 5.67. The van der Waals surface area contributed by atoms with Gasteiger partial charge in [0.15, 0.2) is 0 Å². The van der Waals surface area contributed by atoms with Gasteiger partial charge < -0.3 is 11.1 Å². The normalized spacial score (nSPS) is 15.9. The van der Waals surface area contributed by atoms with E-state index in [1.807, 2.05) is 36.4 Å². The fraction of sp³-hybridized carbons (Fsp3) is 0.158. The number of rotatable bonds is 5. The summed E-state index contributed by atoms with van der Waals surface area (Å²) in [6, 6.07) is 10.9. The highest BCUT2D eigenvalue weighted by Crippen LogP contribution is 2.36. The topological polar surface area (TPSA) is 98.7 Å². The average molecular weight is 413 g/mol. The number of pyridine rings is 1. The number of halogens is 1. The molecule has 4 rings (SSSR count). The summed E-state index contributed by atoms with van der Waals surface area (Å²) in [5.41, 5.74) is 8.57. The molecular weight excluding hydrogens is 396 g/mol. The number of carbonyl (C=O) groups is 1. The number of primary amides is 1. The molecule has 1 aliphatic heterocycles. The molecule has 3 heterocycles. The first kappa shape index (κ1) is 18.5. The summed E-state index contributed by atoms with van der Waals surface area (Å²) in [4.78, 5) is 20.9. The number of hydrogen-bond acceptors (Lipinski definition) is 6. The van der Waals surface area contributed by atoms with Gasteiger partial charge in [0, 0.05) is 28.9 Å². The summed E-state index contributed by atoms with van der Waals surface area (Å²) in [7, 11) is 0. The Morgan fingerprint density at radius 2 is 2.14 bits per heavy atom. The van der Waals surface area contributed by atoms with E-state index in [-0.39, 0.29) is 0 Å². The van der Waals surface area contributed by atoms with Crippen molar-refractivity contribution in [2.75, 3.05) is 5.32 Å². The van der Waals surface area contributed by atoms with Crippen molar-refractivity contribution in [3.63, 3.8) is 0 Å². The maximum Gasteiger partial charge on any atom is 0.248 e. The number of benzene rings is 1. The average Bonchev–Trinajstić information content (AvgIpc) is 3.09. The van der Waals surface area contributed by atoms with E-state index in [9.17, 15) is 4.79 Å². The van der Waals surface area contributed by atoms with Gasteiger partial charge in [-0.1, -0.05) is 47.6 Å². The molecule has 1 atom stereocenters. The van der Waals surface area contributed by atoms with Gasteiger partial charge in [0.2, 0.25) is 17.0 Å². The van der Waals surface area contributed by atoms with Gasteiger partial charge in [0.25, 0.3) is 0 Å². The summed E-state index contributed by atoms with van der Waals surface area (Å²) in [6.07, 6.45) is 3.38. The lowest BCUT2D eigenvalue weighted by atomic mass is 9.97. The Morgan fingerprint density at radius 3 is 2.86 bits per heavy atom. The number of thioether (sulfide) groups is 1. The molecule has 0 aliphatic carbocycles. The molecule has 0 bridgehead atoms. The third-order valence-electron chi connectivity index (χ3n) is 4.41. The maximum absolute atomic E-state index is 12.1. The van der Waals surface area contributed by atoms with Gasteiger partial charge in [-0.2, -0.15) is 4.98 Å². The van der Waals surface area contributed by atoms with Crippen LogP contribution in [0.3, 0.4) is 0 Å². The van der Waals surface area contributed by atoms with Crippen molar-refractivity contribution >= 4 is 35.2 Å². The molecule has 0 fully saturated rings. The molecule has 0 saturated heterocycles. The van der Waals surface area contributed by atoms with Gasteiger partial charge in [-0.25, -0.2) is 4.68 Å². The second-order valence-corrected chi connectivity index (χ2v) is 7.61. The number of anilines is 1. The largest absolute Gasteiger partial charge is 0.366 e. The lowest BCUT2D eigenvalue weighted by Crippen LogP contribution is -2.31. The van der Waals surface area contributed by atoms with Crippen LogP contribution >= 0.6 is 23.4 Å². The highest BCUT2D eigenvalue weighted by atomic mass is 35.5. The van der Waals surface area contributed by atoms with Crippen molar-refractivity contribution in [1.29, 1.82) is 0 Å². The van der Waals surface area contributed by atoms with Crippen molar-refractivity contribution in [3.8, 4) is 0 Å². The summed E-state index contributed by atoms with van der Waals surface area (Å²) >= 11 is 7.70. The summed E-state index contributed by atoms with van der Waals surface area (Å²) in [5.74, 6) is 0.679. The molecule has 142 valence electrons. The zero-order chi connectivity index (χ0) is 19.7. The number of aromatic nitrogens is 4. The van der Waals surface area contributed by atoms with E-state index in [1.54, 1.807) is 24.0 Å². The number of carbonyl (C=O) groups excluding carboxylic acids is 1. The zero-order valence-electron chi connectivity index (χ0n) is 15.0. The highest BCUT2D eigenvalue weighted by molar-refractivity contribution is 7.98. The van der Waals surface area contributed by atoms with Crippen LogP contribution in [-0.4, -0.2) is 25.7 Å². The van der Waals surface area contributed by atoms with Crippen LogP contribution < -0.4 is 11.1 Å². The Hall–Kier alpha value is -2.84. The summed E-state index contributed by atoms with van der Waals surface area (Å²) in [6.45, 7) is 1.80. The van der Waals surface area contributed by atoms with Crippen LogP contribution in [0.4, 0.5) is 5.95 Å². The highest BCUT2D eigenvalue weighted by Gasteiger charge is 2.33. The molecule has 0 radical (unpaired) electrons. The lowest BCUT2D eigenvalue weighted by molar-refractivity contribution is -0.115. The van der Waals surface area contributed by atoms with Crippen molar-refractivity contribution in [2.24, 2.45) is 5.73 Å². The van der Waals surface area contributed by atoms with Gasteiger partial charge in [0.1, 0.15) is 6.04 Å². The molecule has 3 N–H and O–H groups in total. The number of nitrogens with one attached hydrogen (secondary N) is 1. The summed E-state index contributed by atoms with van der Waals surface area (Å²) in [5, 5.41) is 9.03. The molecule has 1 aliphatic rings. The molecular formula is C19H17ClN6OS. The van der Waals surface area contributed by atoms with Crippen LogP contribution in [0, 0.1) is 0 Å². The number of nitrogens with zero attached hydrogens (tertiary/aromatic N) is 4. The Kier molecular flexibility index (Phi) is 5.06. The van der Waals surface area contributed by atoms with Gasteiger partial charge in [0.05, 0.1) is 5.57 Å². The maximum atomic E-state index is 12.1. The second kappa shape index (κ2) is 7.65. The predicted octanol–water partition coefficient (Wildman–Crippen LogP) is 3.39. The van der Waals surface area contributed by atoms with Crippen LogP contribution in [-0.2, 0) is 10.5 Å². The van der Waals surface area contributed by atoms with Crippen LogP contribution in [0.15, 0.2) is 65.2 Å². The van der Waals surface area contributed by atoms with Crippen LogP contribution in [0.1, 0.15) is 24.1 Å². The van der Waals surface area contributed by atoms with E-state index in [1.165, 1.54) is 11.8 Å². The van der Waals surface area contributed by atoms with Crippen LogP contribution in [0.2, 0.25) is 5.02 Å². The predicted molar refractivity (Wildman–Crippen MR) is 109 cm³/mol. The van der Waals surface area contributed by atoms with Crippen molar-refractivity contribution in [3.05, 3.63) is 76.2 Å². The fourth-order valence-corrected chi connectivity index (χ4v) is 4.23. The number of hydrogen-bond donors (Lipinski definition) is 2. The van der Waals surface area contributed by atoms with Gasteiger partial charge >= 0.3 is 0 Å². The van der Waals surface area contributed by atoms with E-state index in [0.29, 0.717) is 33.2 Å². The van der Waals surface area contributed by atoms with E-state index in [2.05, 4.69) is 20.4 Å². The SMILES string of the molecule is CC1=C(C(N)=O)[C@H](c2cccnc2)n2nc(SCc3ccccc3Cl)nc2N1. The molecule has 0 unspecified atom stereocenters. The molecule has 7 nitrogen and oxygen atoms in total. The fourth-order valence-electron chi connectivity index (χ4n) is 3.12. The quantitative estimate of drug-likeness (QED) is 0.623. The number of fused-ring (bicyclic) bond motifs is 1. The molecule has 3 aromatic rings. The third kappa shape index (κ3) is 3.48. The van der Waals surface area contributed by atoms with Crippen LogP contribution in [0.25, 0.3) is 0 Å². The Morgan fingerprint density at radius 1 is 1.32 bits per heavy atom. The Balaban J connectivity index is 1.68. The lowest BCUT2D eigenvalue weighted by Gasteiger charge is -2.27. The van der Waals surface area contributed by atoms with Gasteiger partial charge in [-0.05, 0) is 30.2 Å². The van der Waals surface area contributed by atoms with E-state index >= 15 is 0 Å². The second-order valence-electron chi connectivity index (χ2n) is 6.26. The van der Waals surface area contributed by atoms with Crippen LogP contribution in [0.5, 0.6) is 0 Å². The van der Waals surface area contributed by atoms with Crippen molar-refractivity contribution in [2.45, 2.75) is 23.9 Å². The van der Waals surface area contributed by atoms with E-state index < -0.39 is 11.9 Å². The summed E-state index contributed by atoms with van der Waals surface area (Å²) < 4.78 is 1.68. The van der Waals surface area contributed by atoms with Crippen molar-refractivity contribution in [1.82, 2.24) is 19.7 Å². The molecule has 1 aromatic carbocycles. The Bertz CT molecular complexity index is 1070. The molecule has 0 spiro atoms. The minimum atomic E-state index is -0.509. The number of nitrogens with two attached hydrogens (primary N) is 1. The number of allylic oxidation sites excluding steroid dienone is 1. The Labute approximate surface area is 171 Å². The first-order valence-electron chi connectivity index (χ1n) is 8.55. The monoisotopic (exact) mass is 412 g/mol. The first-order chi connectivity index (χ1) is 13.5. The zero-order valence-corrected chi connectivity index (χ0v) is 16.5. The van der Waals surface area contributed by atoms with Gasteiger partial charge in [-0.3, -0.25) is 9.78 Å². The van der Waals surface area contributed by atoms with E-state index in [4.69, 9.17) is 17.3 Å². The minimum absolute atomic E-state index is 0.438. The molecule has 2 aromatic heterocycles. The molecule has 0 saturated carbocycles. The smallest absolute Gasteiger partial charge is 0.248 e. The number of amides is 1. The van der Waals surface area contributed by atoms with Gasteiger partial charge in [-0.15, -0.1) is 5.10 Å². The molecule has 9 heteroatoms.